The monoisotopic (exact) mass is 328 g/mol. The van der Waals surface area contributed by atoms with Crippen LogP contribution in [-0.2, 0) is 11.2 Å². The zero-order valence-corrected chi connectivity index (χ0v) is 15.6. The fraction of sp³-hybridized carbons (Fsp3) is 0.667. The van der Waals surface area contributed by atoms with Crippen molar-refractivity contribution in [3.05, 3.63) is 35.4 Å². The minimum Gasteiger partial charge on any atom is -0.353 e. The van der Waals surface area contributed by atoms with E-state index in [2.05, 4.69) is 55.4 Å². The molecule has 0 unspecified atom stereocenters. The van der Waals surface area contributed by atoms with E-state index < -0.39 is 0 Å². The van der Waals surface area contributed by atoms with Crippen LogP contribution in [-0.4, -0.2) is 36.0 Å². The van der Waals surface area contributed by atoms with E-state index in [4.69, 9.17) is 0 Å². The summed E-state index contributed by atoms with van der Waals surface area (Å²) >= 11 is 0. The van der Waals surface area contributed by atoms with E-state index in [0.717, 1.165) is 24.8 Å². The van der Waals surface area contributed by atoms with Gasteiger partial charge in [-0.1, -0.05) is 38.1 Å². The van der Waals surface area contributed by atoms with Gasteiger partial charge in [0.2, 0.25) is 5.91 Å². The molecule has 2 fully saturated rings. The summed E-state index contributed by atoms with van der Waals surface area (Å²) in [6, 6.07) is 10.3. The predicted octanol–water partition coefficient (Wildman–Crippen LogP) is 3.73. The van der Waals surface area contributed by atoms with Crippen LogP contribution >= 0.6 is 0 Å². The molecule has 0 saturated carbocycles. The summed E-state index contributed by atoms with van der Waals surface area (Å²) < 4.78 is 0. The van der Waals surface area contributed by atoms with E-state index in [0.29, 0.717) is 24.0 Å². The molecule has 1 aromatic carbocycles. The van der Waals surface area contributed by atoms with Gasteiger partial charge in [-0.2, -0.15) is 0 Å². The summed E-state index contributed by atoms with van der Waals surface area (Å²) in [7, 11) is 2.24. The first-order valence-corrected chi connectivity index (χ1v) is 9.55. The van der Waals surface area contributed by atoms with Gasteiger partial charge < -0.3 is 10.2 Å². The second kappa shape index (κ2) is 7.26. The molecule has 0 radical (unpaired) electrons. The molecule has 3 rings (SSSR count). The molecule has 2 aliphatic rings. The third-order valence-electron chi connectivity index (χ3n) is 5.96. The Morgan fingerprint density at radius 2 is 1.71 bits per heavy atom. The first-order valence-electron chi connectivity index (χ1n) is 9.55. The fourth-order valence-electron chi connectivity index (χ4n) is 4.42. The molecule has 2 heterocycles. The molecular formula is C21H32N2O. The molecule has 2 aliphatic heterocycles. The highest BCUT2D eigenvalue weighted by Gasteiger charge is 2.39. The molecule has 132 valence electrons. The number of carbonyl (C=O) groups excluding carboxylic acids is 1. The van der Waals surface area contributed by atoms with Gasteiger partial charge in [-0.3, -0.25) is 4.79 Å². The van der Waals surface area contributed by atoms with Gasteiger partial charge in [-0.15, -0.1) is 0 Å². The highest BCUT2D eigenvalue weighted by molar-refractivity contribution is 5.83. The van der Waals surface area contributed by atoms with Gasteiger partial charge in [0.15, 0.2) is 0 Å². The summed E-state index contributed by atoms with van der Waals surface area (Å²) in [5, 5.41) is 3.32. The number of piperidine rings is 1. The highest BCUT2D eigenvalue weighted by atomic mass is 16.1. The summed E-state index contributed by atoms with van der Waals surface area (Å²) in [5.41, 5.74) is 2.48. The third-order valence-corrected chi connectivity index (χ3v) is 5.96. The average Bonchev–Trinajstić information content (AvgIpc) is 2.75. The number of hydrogen-bond acceptors (Lipinski definition) is 2. The summed E-state index contributed by atoms with van der Waals surface area (Å²) in [6.07, 6.45) is 5.90. The van der Waals surface area contributed by atoms with Crippen molar-refractivity contribution in [2.75, 3.05) is 7.05 Å². The Kier molecular flexibility index (Phi) is 5.29. The van der Waals surface area contributed by atoms with Gasteiger partial charge in [0.1, 0.15) is 0 Å². The second-order valence-corrected chi connectivity index (χ2v) is 8.29. The molecule has 3 heteroatoms. The van der Waals surface area contributed by atoms with Crippen molar-refractivity contribution in [1.29, 1.82) is 0 Å². The Morgan fingerprint density at radius 3 is 2.25 bits per heavy atom. The number of hydrogen-bond donors (Lipinski definition) is 1. The van der Waals surface area contributed by atoms with Crippen LogP contribution in [0.2, 0.25) is 0 Å². The van der Waals surface area contributed by atoms with E-state index in [9.17, 15) is 4.79 Å². The van der Waals surface area contributed by atoms with Crippen molar-refractivity contribution in [2.45, 2.75) is 76.9 Å². The molecule has 1 N–H and O–H groups in total. The van der Waals surface area contributed by atoms with Gasteiger partial charge in [0.05, 0.1) is 5.92 Å². The van der Waals surface area contributed by atoms with Crippen molar-refractivity contribution in [3.63, 3.8) is 0 Å². The lowest BCUT2D eigenvalue weighted by Gasteiger charge is -2.37. The molecule has 2 saturated heterocycles. The average molecular weight is 328 g/mol. The molecule has 3 atom stereocenters. The van der Waals surface area contributed by atoms with Crippen molar-refractivity contribution in [2.24, 2.45) is 5.92 Å². The van der Waals surface area contributed by atoms with Crippen LogP contribution in [0, 0.1) is 5.92 Å². The lowest BCUT2D eigenvalue weighted by Crippen LogP contribution is -2.49. The SMILES string of the molecule is CC(C)Cc1ccc([C@@H](C)C(=O)NC2C[C@H]3CC[C@H](C2)N3C)cc1. The zero-order chi connectivity index (χ0) is 17.3. The van der Waals surface area contributed by atoms with Crippen molar-refractivity contribution in [1.82, 2.24) is 10.2 Å². The van der Waals surface area contributed by atoms with Crippen LogP contribution in [0.25, 0.3) is 0 Å². The Hall–Kier alpha value is -1.35. The molecule has 0 spiro atoms. The van der Waals surface area contributed by atoms with E-state index in [1.165, 1.54) is 18.4 Å². The Morgan fingerprint density at radius 1 is 1.12 bits per heavy atom. The Bertz CT molecular complexity index is 552. The predicted molar refractivity (Wildman–Crippen MR) is 99.1 cm³/mol. The van der Waals surface area contributed by atoms with Crippen LogP contribution in [0.15, 0.2) is 24.3 Å². The molecular weight excluding hydrogens is 296 g/mol. The smallest absolute Gasteiger partial charge is 0.227 e. The van der Waals surface area contributed by atoms with E-state index >= 15 is 0 Å². The largest absolute Gasteiger partial charge is 0.353 e. The normalized spacial score (nSPS) is 28.1. The molecule has 1 aromatic rings. The lowest BCUT2D eigenvalue weighted by atomic mass is 9.94. The minimum atomic E-state index is -0.0737. The van der Waals surface area contributed by atoms with Crippen LogP contribution in [0.4, 0.5) is 0 Å². The van der Waals surface area contributed by atoms with E-state index in [1.807, 2.05) is 6.92 Å². The maximum absolute atomic E-state index is 12.7. The summed E-state index contributed by atoms with van der Waals surface area (Å²) in [4.78, 5) is 15.2. The third kappa shape index (κ3) is 3.83. The van der Waals surface area contributed by atoms with Crippen LogP contribution in [0.3, 0.4) is 0 Å². The number of nitrogens with zero attached hydrogens (tertiary/aromatic N) is 1. The van der Waals surface area contributed by atoms with Gasteiger partial charge in [-0.05, 0) is 63.1 Å². The lowest BCUT2D eigenvalue weighted by molar-refractivity contribution is -0.123. The maximum atomic E-state index is 12.7. The molecule has 24 heavy (non-hydrogen) atoms. The molecule has 0 aromatic heterocycles. The second-order valence-electron chi connectivity index (χ2n) is 8.29. The van der Waals surface area contributed by atoms with Crippen LogP contribution < -0.4 is 5.32 Å². The number of carbonyl (C=O) groups is 1. The van der Waals surface area contributed by atoms with Gasteiger partial charge >= 0.3 is 0 Å². The number of nitrogens with one attached hydrogen (secondary N) is 1. The number of benzene rings is 1. The zero-order valence-electron chi connectivity index (χ0n) is 15.6. The highest BCUT2D eigenvalue weighted by Crippen LogP contribution is 2.34. The van der Waals surface area contributed by atoms with E-state index in [1.54, 1.807) is 0 Å². The minimum absolute atomic E-state index is 0.0737. The topological polar surface area (TPSA) is 32.3 Å². The quantitative estimate of drug-likeness (QED) is 0.893. The molecule has 0 aliphatic carbocycles. The summed E-state index contributed by atoms with van der Waals surface area (Å²) in [6.45, 7) is 6.49. The first-order chi connectivity index (χ1) is 11.4. The van der Waals surface area contributed by atoms with Gasteiger partial charge in [-0.25, -0.2) is 0 Å². The number of amides is 1. The van der Waals surface area contributed by atoms with Crippen molar-refractivity contribution >= 4 is 5.91 Å². The Labute approximate surface area is 146 Å². The number of rotatable bonds is 5. The van der Waals surface area contributed by atoms with Crippen LogP contribution in [0.1, 0.15) is 63.5 Å². The fourth-order valence-corrected chi connectivity index (χ4v) is 4.42. The van der Waals surface area contributed by atoms with Gasteiger partial charge in [0.25, 0.3) is 0 Å². The maximum Gasteiger partial charge on any atom is 0.227 e. The molecule has 2 bridgehead atoms. The van der Waals surface area contributed by atoms with Crippen molar-refractivity contribution in [3.8, 4) is 0 Å². The van der Waals surface area contributed by atoms with Gasteiger partial charge in [0, 0.05) is 18.1 Å². The van der Waals surface area contributed by atoms with Crippen LogP contribution in [0.5, 0.6) is 0 Å². The molecule has 1 amide bonds. The molecule has 3 nitrogen and oxygen atoms in total. The first kappa shape index (κ1) is 17.5. The number of fused-ring (bicyclic) bond motifs is 2. The summed E-state index contributed by atoms with van der Waals surface area (Å²) in [5.74, 6) is 0.771. The van der Waals surface area contributed by atoms with E-state index in [-0.39, 0.29) is 11.8 Å². The standard InChI is InChI=1S/C21H32N2O/c1-14(2)11-16-5-7-17(8-6-16)15(3)21(24)22-18-12-19-9-10-20(13-18)23(19)4/h5-8,14-15,18-20H,9-13H2,1-4H3,(H,22,24)/t15-,19-,20-/m1/s1. The Balaban J connectivity index is 1.57. The van der Waals surface area contributed by atoms with Crippen molar-refractivity contribution < 1.29 is 4.79 Å².